The van der Waals surface area contributed by atoms with Gasteiger partial charge >= 0.3 is 0 Å². The second-order valence-corrected chi connectivity index (χ2v) is 17.4. The number of fused-ring (bicyclic) bond motifs is 1. The van der Waals surface area contributed by atoms with Gasteiger partial charge in [0.15, 0.2) is 22.8 Å². The van der Waals surface area contributed by atoms with Crippen LogP contribution in [0.4, 0.5) is 5.82 Å². The summed E-state index contributed by atoms with van der Waals surface area (Å²) in [5.74, 6) is -4.55. The van der Waals surface area contributed by atoms with Crippen molar-refractivity contribution in [2.24, 2.45) is 11.3 Å². The van der Waals surface area contributed by atoms with Gasteiger partial charge in [-0.05, 0) is 6.92 Å². The number of hydrogen-bond donors (Lipinski definition) is 5. The van der Waals surface area contributed by atoms with E-state index in [4.69, 9.17) is 10.5 Å². The number of nitrogens with one attached hydrogen (secondary N) is 2. The molecular formula is C25H35N7O19P3S-5. The molecule has 26 nitrogen and oxygen atoms in total. The number of carboxylic acid groups (broad SMARTS) is 1. The maximum Gasteiger partial charge on any atom is 0.274 e. The van der Waals surface area contributed by atoms with Crippen LogP contribution in [0.15, 0.2) is 12.7 Å². The Bertz CT molecular complexity index is 1860. The number of rotatable bonds is 21. The summed E-state index contributed by atoms with van der Waals surface area (Å²) in [6.45, 7) is 0.836. The molecular weight excluding hydrogens is 827 g/mol. The first-order valence-electron chi connectivity index (χ1n) is 15.5. The van der Waals surface area contributed by atoms with Crippen LogP contribution in [0.3, 0.4) is 0 Å². The van der Waals surface area contributed by atoms with E-state index < -0.39 is 102 Å². The van der Waals surface area contributed by atoms with Crippen LogP contribution in [0.1, 0.15) is 33.4 Å². The maximum atomic E-state index is 12.5. The molecule has 2 amide bonds. The number of nitrogen functional groups attached to an aromatic ring is 1. The summed E-state index contributed by atoms with van der Waals surface area (Å²) in [5, 5.41) is 35.9. The van der Waals surface area contributed by atoms with E-state index in [1.54, 1.807) is 0 Å². The van der Waals surface area contributed by atoms with Crippen molar-refractivity contribution in [1.82, 2.24) is 30.2 Å². The maximum absolute atomic E-state index is 12.5. The van der Waals surface area contributed by atoms with E-state index in [9.17, 15) is 67.8 Å². The molecule has 1 aliphatic heterocycles. The number of ether oxygens (including phenoxy) is 1. The molecule has 55 heavy (non-hydrogen) atoms. The van der Waals surface area contributed by atoms with Crippen molar-refractivity contribution in [2.45, 2.75) is 57.8 Å². The molecule has 0 aromatic carbocycles. The second-order valence-electron chi connectivity index (χ2n) is 12.2. The minimum Gasteiger partial charge on any atom is -0.790 e. The standard InChI is InChI=1S/C25H40N7O19P3S/c1-12(23(37)38)24(39)55-7-6-27-14(33)4-5-28-21(36)18(35)25(2,3)9-48-54(45,46)51-53(43,44)47-8-13-17(50-52(40,41)42)16(34)22(49-13)32-11-31-15-19(26)29-10-30-20(15)32/h10-13,16-18,22,34-35H,4-9H2,1-3H3,(H,27,33)(H,28,36)(H,37,38)(H,43,44)(H,45,46)(H2,26,29,30)(H2,40,41,42)/p-5/t12?,13-,16-,17-,18+,22-/m1/s1. The lowest BCUT2D eigenvalue weighted by Crippen LogP contribution is -2.46. The number of aliphatic hydroxyl groups is 2. The number of amides is 2. The summed E-state index contributed by atoms with van der Waals surface area (Å²) >= 11 is 0.674. The number of phosphoric ester groups is 3. The van der Waals surface area contributed by atoms with Gasteiger partial charge in [0, 0.05) is 30.7 Å². The topological polar surface area (TPSA) is 415 Å². The summed E-state index contributed by atoms with van der Waals surface area (Å²) in [6, 6.07) is 0. The molecule has 0 saturated carbocycles. The van der Waals surface area contributed by atoms with Crippen molar-refractivity contribution >= 4 is 75.1 Å². The van der Waals surface area contributed by atoms with Gasteiger partial charge in [0.25, 0.3) is 15.6 Å². The predicted octanol–water partition coefficient (Wildman–Crippen LogP) is -5.48. The van der Waals surface area contributed by atoms with Crippen LogP contribution < -0.4 is 41.0 Å². The highest BCUT2D eigenvalue weighted by Crippen LogP contribution is 2.56. The molecule has 0 bridgehead atoms. The van der Waals surface area contributed by atoms with E-state index in [1.807, 2.05) is 0 Å². The second kappa shape index (κ2) is 19.0. The van der Waals surface area contributed by atoms with Gasteiger partial charge in [0.05, 0.1) is 39.3 Å². The number of aromatic nitrogens is 4. The average Bonchev–Trinajstić information content (AvgIpc) is 3.64. The van der Waals surface area contributed by atoms with Gasteiger partial charge in [0.2, 0.25) is 11.8 Å². The highest BCUT2D eigenvalue weighted by Gasteiger charge is 2.47. The molecule has 0 radical (unpaired) electrons. The first-order chi connectivity index (χ1) is 25.3. The van der Waals surface area contributed by atoms with Gasteiger partial charge < -0.3 is 78.9 Å². The van der Waals surface area contributed by atoms with Crippen molar-refractivity contribution in [3.05, 3.63) is 12.7 Å². The summed E-state index contributed by atoms with van der Waals surface area (Å²) in [5.41, 5.74) is 3.99. The van der Waals surface area contributed by atoms with Crippen LogP contribution in [0.2, 0.25) is 0 Å². The molecule has 3 unspecified atom stereocenters. The molecule has 3 heterocycles. The number of hydrogen-bond acceptors (Lipinski definition) is 24. The van der Waals surface area contributed by atoms with Crippen molar-refractivity contribution in [3.63, 3.8) is 0 Å². The number of carboxylic acids is 1. The largest absolute Gasteiger partial charge is 0.790 e. The Morgan fingerprint density at radius 1 is 1.07 bits per heavy atom. The number of aliphatic carboxylic acids is 1. The number of aliphatic hydroxyl groups excluding tert-OH is 2. The lowest BCUT2D eigenvalue weighted by atomic mass is 9.87. The quantitative estimate of drug-likeness (QED) is 0.0444. The predicted molar refractivity (Wildman–Crippen MR) is 172 cm³/mol. The number of nitrogens with two attached hydrogens (primary N) is 1. The Balaban J connectivity index is 1.50. The first kappa shape index (κ1) is 46.4. The van der Waals surface area contributed by atoms with E-state index in [-0.39, 0.29) is 42.2 Å². The number of imidazole rings is 1. The number of phosphoric acid groups is 3. The Kier molecular flexibility index (Phi) is 16.0. The van der Waals surface area contributed by atoms with Crippen LogP contribution in [-0.2, 0) is 55.5 Å². The highest BCUT2D eigenvalue weighted by atomic mass is 32.2. The normalized spacial score (nSPS) is 22.3. The van der Waals surface area contributed by atoms with Crippen LogP contribution in [-0.4, -0.2) is 109 Å². The van der Waals surface area contributed by atoms with Crippen LogP contribution in [0.25, 0.3) is 11.2 Å². The molecule has 3 rings (SSSR count). The van der Waals surface area contributed by atoms with Crippen LogP contribution in [0.5, 0.6) is 0 Å². The van der Waals surface area contributed by atoms with Gasteiger partial charge in [-0.2, -0.15) is 0 Å². The zero-order valence-electron chi connectivity index (χ0n) is 28.8. The molecule has 0 spiro atoms. The Morgan fingerprint density at radius 2 is 1.73 bits per heavy atom. The van der Waals surface area contributed by atoms with Crippen molar-refractivity contribution in [1.29, 1.82) is 0 Å². The fourth-order valence-electron chi connectivity index (χ4n) is 4.48. The fraction of sp³-hybridized carbons (Fsp3) is 0.640. The molecule has 0 aliphatic carbocycles. The van der Waals surface area contributed by atoms with Crippen molar-refractivity contribution < 1.29 is 90.4 Å². The third-order valence-electron chi connectivity index (χ3n) is 7.43. The fourth-order valence-corrected chi connectivity index (χ4v) is 7.97. The minimum atomic E-state index is -5.94. The Hall–Kier alpha value is -2.97. The van der Waals surface area contributed by atoms with E-state index in [1.165, 1.54) is 0 Å². The average molecular weight is 863 g/mol. The SMILES string of the molecule is CC(C(=O)[O-])C(=O)SCCNC(=O)CCNC(=O)[C@H](O)C(C)(C)COP(=O)([O-])OP(=O)([O-])OC[C@H]1O[C@@H](n2cnc3c(N)ncnc32)[C@H](O)[C@@H]1OP(=O)([O-])[O-]. The molecule has 30 heteroatoms. The smallest absolute Gasteiger partial charge is 0.274 e. The Morgan fingerprint density at radius 3 is 2.36 bits per heavy atom. The highest BCUT2D eigenvalue weighted by molar-refractivity contribution is 8.13. The van der Waals surface area contributed by atoms with E-state index in [0.717, 1.165) is 38.0 Å². The van der Waals surface area contributed by atoms with E-state index in [0.29, 0.717) is 11.8 Å². The number of nitrogens with zero attached hydrogens (tertiary/aromatic N) is 4. The Labute approximate surface area is 314 Å². The van der Waals surface area contributed by atoms with Gasteiger partial charge in [-0.25, -0.2) is 19.3 Å². The summed E-state index contributed by atoms with van der Waals surface area (Å²) in [6.07, 6.45) is -7.82. The van der Waals surface area contributed by atoms with E-state index >= 15 is 0 Å². The number of carbonyl (C=O) groups excluding carboxylic acids is 4. The first-order valence-corrected chi connectivity index (χ1v) is 20.9. The summed E-state index contributed by atoms with van der Waals surface area (Å²) in [7, 11) is -17.7. The van der Waals surface area contributed by atoms with Crippen LogP contribution in [0, 0.1) is 11.3 Å². The number of anilines is 1. The molecule has 1 aliphatic rings. The van der Waals surface area contributed by atoms with Gasteiger partial charge in [-0.1, -0.05) is 25.6 Å². The molecule has 1 fully saturated rings. The van der Waals surface area contributed by atoms with Crippen molar-refractivity contribution in [3.8, 4) is 0 Å². The minimum absolute atomic E-state index is 0.0100. The van der Waals surface area contributed by atoms with Gasteiger partial charge in [0.1, 0.15) is 36.3 Å². The lowest BCUT2D eigenvalue weighted by molar-refractivity contribution is -0.347. The summed E-state index contributed by atoms with van der Waals surface area (Å²) in [4.78, 5) is 106. The molecule has 310 valence electrons. The molecule has 1 saturated heterocycles. The third kappa shape index (κ3) is 13.6. The van der Waals surface area contributed by atoms with E-state index in [2.05, 4.69) is 43.5 Å². The number of carbonyl (C=O) groups is 4. The van der Waals surface area contributed by atoms with Crippen LogP contribution >= 0.6 is 35.2 Å². The molecule has 6 N–H and O–H groups in total. The van der Waals surface area contributed by atoms with Gasteiger partial charge in [-0.15, -0.1) is 0 Å². The monoisotopic (exact) mass is 862 g/mol. The number of thioether (sulfide) groups is 1. The zero-order valence-corrected chi connectivity index (χ0v) is 32.3. The zero-order chi connectivity index (χ0) is 41.5. The lowest BCUT2D eigenvalue weighted by Gasteiger charge is -2.36. The molecule has 2 aromatic rings. The summed E-state index contributed by atoms with van der Waals surface area (Å²) < 4.78 is 60.2. The molecule has 8 atom stereocenters. The molecule has 2 aromatic heterocycles. The third-order valence-corrected chi connectivity index (χ3v) is 11.5. The van der Waals surface area contributed by atoms with Crippen molar-refractivity contribution in [2.75, 3.05) is 37.8 Å². The van der Waals surface area contributed by atoms with Gasteiger partial charge in [-0.3, -0.25) is 28.1 Å².